The van der Waals surface area contributed by atoms with E-state index in [2.05, 4.69) is 23.9 Å². The Morgan fingerprint density at radius 1 is 1.20 bits per heavy atom. The van der Waals surface area contributed by atoms with Gasteiger partial charge in [-0.05, 0) is 56.2 Å². The molecule has 4 heteroatoms. The molecular weight excluding hydrogens is 260 g/mol. The maximum absolute atomic E-state index is 12.2. The molecule has 2 rings (SSSR count). The first-order valence-electron chi connectivity index (χ1n) is 7.35. The summed E-state index contributed by atoms with van der Waals surface area (Å²) in [6.07, 6.45) is 4.91. The highest BCUT2D eigenvalue weighted by molar-refractivity contribution is 5.30. The van der Waals surface area contributed by atoms with Crippen LogP contribution in [0.2, 0.25) is 0 Å². The molecule has 20 heavy (non-hydrogen) atoms. The molecule has 0 bridgehead atoms. The Labute approximate surface area is 119 Å². The summed E-state index contributed by atoms with van der Waals surface area (Å²) >= 11 is 0. The Bertz CT molecular complexity index is 417. The Kier molecular flexibility index (Phi) is 5.35. The lowest BCUT2D eigenvalue weighted by Gasteiger charge is -2.30. The number of nitrogens with one attached hydrogen (secondary N) is 1. The Morgan fingerprint density at radius 3 is 2.55 bits per heavy atom. The third-order valence-corrected chi connectivity index (χ3v) is 4.08. The molecule has 2 nitrogen and oxygen atoms in total. The summed E-state index contributed by atoms with van der Waals surface area (Å²) in [6, 6.07) is 7.63. The monoisotopic (exact) mass is 283 g/mol. The molecule has 0 aliphatic heterocycles. The highest BCUT2D eigenvalue weighted by Crippen LogP contribution is 2.26. The van der Waals surface area contributed by atoms with Gasteiger partial charge in [0.05, 0.1) is 0 Å². The molecule has 1 unspecified atom stereocenters. The van der Waals surface area contributed by atoms with Gasteiger partial charge in [0.25, 0.3) is 0 Å². The minimum Gasteiger partial charge on any atom is -0.435 e. The summed E-state index contributed by atoms with van der Waals surface area (Å²) in [5.41, 5.74) is 0.988. The molecule has 0 spiro atoms. The fourth-order valence-electron chi connectivity index (χ4n) is 2.84. The van der Waals surface area contributed by atoms with Crippen molar-refractivity contribution in [3.05, 3.63) is 29.8 Å². The van der Waals surface area contributed by atoms with Gasteiger partial charge in [0.2, 0.25) is 0 Å². The van der Waals surface area contributed by atoms with E-state index >= 15 is 0 Å². The zero-order valence-electron chi connectivity index (χ0n) is 12.1. The van der Waals surface area contributed by atoms with Crippen molar-refractivity contribution in [1.29, 1.82) is 0 Å². The van der Waals surface area contributed by atoms with Gasteiger partial charge in [0.15, 0.2) is 0 Å². The molecule has 1 aromatic rings. The van der Waals surface area contributed by atoms with Crippen molar-refractivity contribution in [3.8, 4) is 5.75 Å². The van der Waals surface area contributed by atoms with E-state index in [0.29, 0.717) is 6.04 Å². The van der Waals surface area contributed by atoms with Gasteiger partial charge in [-0.2, -0.15) is 8.78 Å². The standard InChI is InChI=1S/C16H23F2NO/c1-11-6-8-14(9-7-11)19-12(2)13-4-3-5-15(10-13)20-16(17)18/h3-5,10-12,14,16,19H,6-9H2,1-2H3. The minimum atomic E-state index is -2.77. The molecular formula is C16H23F2NO. The van der Waals surface area contributed by atoms with E-state index in [1.54, 1.807) is 18.2 Å². The number of rotatable bonds is 5. The lowest BCUT2D eigenvalue weighted by atomic mass is 9.87. The Morgan fingerprint density at radius 2 is 1.90 bits per heavy atom. The van der Waals surface area contributed by atoms with Crippen LogP contribution in [0, 0.1) is 5.92 Å². The van der Waals surface area contributed by atoms with E-state index in [0.717, 1.165) is 11.5 Å². The van der Waals surface area contributed by atoms with E-state index in [1.165, 1.54) is 25.7 Å². The van der Waals surface area contributed by atoms with Crippen molar-refractivity contribution in [2.45, 2.75) is 58.2 Å². The van der Waals surface area contributed by atoms with Crippen LogP contribution >= 0.6 is 0 Å². The third-order valence-electron chi connectivity index (χ3n) is 4.08. The van der Waals surface area contributed by atoms with Crippen LogP contribution in [0.4, 0.5) is 8.78 Å². The summed E-state index contributed by atoms with van der Waals surface area (Å²) < 4.78 is 28.9. The number of hydrogen-bond donors (Lipinski definition) is 1. The molecule has 0 radical (unpaired) electrons. The van der Waals surface area contributed by atoms with Crippen molar-refractivity contribution >= 4 is 0 Å². The summed E-state index contributed by atoms with van der Waals surface area (Å²) in [4.78, 5) is 0. The van der Waals surface area contributed by atoms with Crippen LogP contribution in [0.5, 0.6) is 5.75 Å². The Balaban J connectivity index is 1.93. The maximum Gasteiger partial charge on any atom is 0.387 e. The molecule has 0 saturated heterocycles. The maximum atomic E-state index is 12.2. The third kappa shape index (κ3) is 4.44. The highest BCUT2D eigenvalue weighted by atomic mass is 19.3. The van der Waals surface area contributed by atoms with E-state index < -0.39 is 6.61 Å². The molecule has 0 amide bonds. The first-order chi connectivity index (χ1) is 9.54. The van der Waals surface area contributed by atoms with Gasteiger partial charge in [-0.1, -0.05) is 19.1 Å². The second-order valence-corrected chi connectivity index (χ2v) is 5.80. The fraction of sp³-hybridized carbons (Fsp3) is 0.625. The lowest BCUT2D eigenvalue weighted by molar-refractivity contribution is -0.0499. The normalized spacial score (nSPS) is 24.6. The molecule has 1 aromatic carbocycles. The minimum absolute atomic E-state index is 0.148. The van der Waals surface area contributed by atoms with Gasteiger partial charge in [0, 0.05) is 12.1 Å². The summed E-state index contributed by atoms with van der Waals surface area (Å²) in [6.45, 7) is 1.60. The van der Waals surface area contributed by atoms with E-state index in [-0.39, 0.29) is 11.8 Å². The summed E-state index contributed by atoms with van der Waals surface area (Å²) in [5, 5.41) is 3.59. The molecule has 1 fully saturated rings. The van der Waals surface area contributed by atoms with Crippen LogP contribution in [0.1, 0.15) is 51.1 Å². The van der Waals surface area contributed by atoms with E-state index in [4.69, 9.17) is 0 Å². The lowest BCUT2D eigenvalue weighted by Crippen LogP contribution is -2.34. The second kappa shape index (κ2) is 7.02. The van der Waals surface area contributed by atoms with Crippen LogP contribution in [0.3, 0.4) is 0 Å². The van der Waals surface area contributed by atoms with Crippen molar-refractivity contribution in [1.82, 2.24) is 5.32 Å². The van der Waals surface area contributed by atoms with Gasteiger partial charge in [-0.3, -0.25) is 0 Å². The van der Waals surface area contributed by atoms with Crippen molar-refractivity contribution < 1.29 is 13.5 Å². The molecule has 1 aliphatic rings. The molecule has 1 saturated carbocycles. The SMILES string of the molecule is CC1CCC(NC(C)c2cccc(OC(F)F)c2)CC1. The predicted molar refractivity (Wildman–Crippen MR) is 76.0 cm³/mol. The van der Waals surface area contributed by atoms with Crippen LogP contribution in [-0.2, 0) is 0 Å². The van der Waals surface area contributed by atoms with Crippen molar-refractivity contribution in [2.75, 3.05) is 0 Å². The van der Waals surface area contributed by atoms with Gasteiger partial charge in [-0.25, -0.2) is 0 Å². The van der Waals surface area contributed by atoms with Crippen molar-refractivity contribution in [3.63, 3.8) is 0 Å². The highest BCUT2D eigenvalue weighted by Gasteiger charge is 2.20. The van der Waals surface area contributed by atoms with Crippen LogP contribution in [-0.4, -0.2) is 12.7 Å². The fourth-order valence-corrected chi connectivity index (χ4v) is 2.84. The molecule has 1 aliphatic carbocycles. The number of ether oxygens (including phenoxy) is 1. The number of alkyl halides is 2. The largest absolute Gasteiger partial charge is 0.435 e. The van der Waals surface area contributed by atoms with Crippen molar-refractivity contribution in [2.24, 2.45) is 5.92 Å². The quantitative estimate of drug-likeness (QED) is 0.858. The molecule has 0 aromatic heterocycles. The molecule has 0 heterocycles. The molecule has 112 valence electrons. The van der Waals surface area contributed by atoms with Gasteiger partial charge < -0.3 is 10.1 Å². The zero-order valence-corrected chi connectivity index (χ0v) is 12.1. The van der Waals surface area contributed by atoms with Crippen LogP contribution < -0.4 is 10.1 Å². The van der Waals surface area contributed by atoms with E-state index in [9.17, 15) is 8.78 Å². The van der Waals surface area contributed by atoms with Gasteiger partial charge in [0.1, 0.15) is 5.75 Å². The predicted octanol–water partition coefficient (Wildman–Crippen LogP) is 4.52. The smallest absolute Gasteiger partial charge is 0.387 e. The molecule has 1 atom stereocenters. The summed E-state index contributed by atoms with van der Waals surface area (Å²) in [7, 11) is 0. The molecule has 1 N–H and O–H groups in total. The first-order valence-corrected chi connectivity index (χ1v) is 7.35. The zero-order chi connectivity index (χ0) is 14.5. The topological polar surface area (TPSA) is 21.3 Å². The first kappa shape index (κ1) is 15.2. The van der Waals surface area contributed by atoms with Crippen LogP contribution in [0.15, 0.2) is 24.3 Å². The average Bonchev–Trinajstić information content (AvgIpc) is 2.41. The average molecular weight is 283 g/mol. The second-order valence-electron chi connectivity index (χ2n) is 5.80. The van der Waals surface area contributed by atoms with Crippen LogP contribution in [0.25, 0.3) is 0 Å². The number of benzene rings is 1. The number of hydrogen-bond acceptors (Lipinski definition) is 2. The Hall–Kier alpha value is -1.16. The van der Waals surface area contributed by atoms with E-state index in [1.807, 2.05) is 6.07 Å². The number of halogens is 2. The van der Waals surface area contributed by atoms with Gasteiger partial charge >= 0.3 is 6.61 Å². The summed E-state index contributed by atoms with van der Waals surface area (Å²) in [5.74, 6) is 1.05. The van der Waals surface area contributed by atoms with Gasteiger partial charge in [-0.15, -0.1) is 0 Å².